The van der Waals surface area contributed by atoms with Gasteiger partial charge in [-0.3, -0.25) is 0 Å². The lowest BCUT2D eigenvalue weighted by Gasteiger charge is -2.32. The van der Waals surface area contributed by atoms with Gasteiger partial charge in [-0.15, -0.1) is 0 Å². The van der Waals surface area contributed by atoms with Gasteiger partial charge in [0, 0.05) is 13.1 Å². The minimum Gasteiger partial charge on any atom is -0.336 e. The molecule has 1 atom stereocenters. The van der Waals surface area contributed by atoms with Crippen molar-refractivity contribution in [2.24, 2.45) is 0 Å². The zero-order valence-corrected chi connectivity index (χ0v) is 9.28. The molecule has 0 spiro atoms. The summed E-state index contributed by atoms with van der Waals surface area (Å²) in [4.78, 5) is 13.7. The van der Waals surface area contributed by atoms with Crippen LogP contribution in [0.4, 0.5) is 4.79 Å². The second-order valence-corrected chi connectivity index (χ2v) is 4.53. The van der Waals surface area contributed by atoms with Crippen molar-refractivity contribution in [1.82, 2.24) is 10.2 Å². The Morgan fingerprint density at radius 3 is 3.00 bits per heavy atom. The highest BCUT2D eigenvalue weighted by atomic mass is 16.2. The number of amides is 2. The van der Waals surface area contributed by atoms with Crippen LogP contribution in [0.1, 0.15) is 30.0 Å². The maximum absolute atomic E-state index is 11.7. The molecule has 1 saturated heterocycles. The van der Waals surface area contributed by atoms with Crippen LogP contribution in [0.5, 0.6) is 0 Å². The predicted molar refractivity (Wildman–Crippen MR) is 62.2 cm³/mol. The smallest absolute Gasteiger partial charge is 0.318 e. The van der Waals surface area contributed by atoms with Gasteiger partial charge in [0.2, 0.25) is 0 Å². The first-order chi connectivity index (χ1) is 7.86. The number of carbonyl (C=O) groups excluding carboxylic acids is 1. The SMILES string of the molecule is O=C1NCCN1C1CCCc2ccccc21. The number of urea groups is 1. The summed E-state index contributed by atoms with van der Waals surface area (Å²) in [7, 11) is 0. The highest BCUT2D eigenvalue weighted by molar-refractivity contribution is 5.76. The van der Waals surface area contributed by atoms with Gasteiger partial charge in [0.05, 0.1) is 6.04 Å². The number of hydrogen-bond acceptors (Lipinski definition) is 1. The quantitative estimate of drug-likeness (QED) is 0.766. The maximum atomic E-state index is 11.7. The van der Waals surface area contributed by atoms with Gasteiger partial charge in [-0.2, -0.15) is 0 Å². The normalized spacial score (nSPS) is 24.1. The number of hydrogen-bond donors (Lipinski definition) is 1. The first kappa shape index (κ1) is 9.70. The Labute approximate surface area is 95.4 Å². The lowest BCUT2D eigenvalue weighted by Crippen LogP contribution is -2.34. The van der Waals surface area contributed by atoms with E-state index in [1.54, 1.807) is 0 Å². The third-order valence-electron chi connectivity index (χ3n) is 3.60. The second-order valence-electron chi connectivity index (χ2n) is 4.53. The molecule has 1 aliphatic heterocycles. The van der Waals surface area contributed by atoms with Crippen molar-refractivity contribution in [3.63, 3.8) is 0 Å². The molecule has 1 heterocycles. The van der Waals surface area contributed by atoms with Gasteiger partial charge in [-0.25, -0.2) is 4.79 Å². The number of benzene rings is 1. The van der Waals surface area contributed by atoms with Gasteiger partial charge >= 0.3 is 6.03 Å². The number of nitrogens with zero attached hydrogens (tertiary/aromatic N) is 1. The molecule has 1 aliphatic carbocycles. The first-order valence-electron chi connectivity index (χ1n) is 5.98. The minimum atomic E-state index is 0.0988. The zero-order chi connectivity index (χ0) is 11.0. The molecular weight excluding hydrogens is 200 g/mol. The van der Waals surface area contributed by atoms with Crippen LogP contribution in [-0.2, 0) is 6.42 Å². The summed E-state index contributed by atoms with van der Waals surface area (Å²) < 4.78 is 0. The van der Waals surface area contributed by atoms with Crippen LogP contribution in [0.25, 0.3) is 0 Å². The van der Waals surface area contributed by atoms with Crippen molar-refractivity contribution < 1.29 is 4.79 Å². The van der Waals surface area contributed by atoms with Crippen molar-refractivity contribution in [3.8, 4) is 0 Å². The Kier molecular flexibility index (Phi) is 2.31. The van der Waals surface area contributed by atoms with E-state index in [2.05, 4.69) is 29.6 Å². The average Bonchev–Trinajstić information content (AvgIpc) is 2.75. The molecule has 84 valence electrons. The monoisotopic (exact) mass is 216 g/mol. The van der Waals surface area contributed by atoms with Gasteiger partial charge in [-0.05, 0) is 30.4 Å². The van der Waals surface area contributed by atoms with Crippen LogP contribution in [0.2, 0.25) is 0 Å². The summed E-state index contributed by atoms with van der Waals surface area (Å²) >= 11 is 0. The summed E-state index contributed by atoms with van der Waals surface area (Å²) in [6, 6.07) is 8.92. The largest absolute Gasteiger partial charge is 0.336 e. The van der Waals surface area contributed by atoms with Crippen LogP contribution in [0, 0.1) is 0 Å². The molecule has 3 nitrogen and oxygen atoms in total. The van der Waals surface area contributed by atoms with Crippen molar-refractivity contribution in [3.05, 3.63) is 35.4 Å². The summed E-state index contributed by atoms with van der Waals surface area (Å²) in [5.74, 6) is 0. The molecule has 3 rings (SSSR count). The molecular formula is C13H16N2O. The van der Waals surface area contributed by atoms with Gasteiger partial charge in [0.1, 0.15) is 0 Å². The minimum absolute atomic E-state index is 0.0988. The van der Waals surface area contributed by atoms with Gasteiger partial charge < -0.3 is 10.2 Å². The van der Waals surface area contributed by atoms with Crippen molar-refractivity contribution in [1.29, 1.82) is 0 Å². The Morgan fingerprint density at radius 1 is 1.31 bits per heavy atom. The summed E-state index contributed by atoms with van der Waals surface area (Å²) in [5.41, 5.74) is 2.77. The number of nitrogens with one attached hydrogen (secondary N) is 1. The van der Waals surface area contributed by atoms with Crippen LogP contribution < -0.4 is 5.32 Å². The van der Waals surface area contributed by atoms with E-state index in [-0.39, 0.29) is 6.03 Å². The fraction of sp³-hybridized carbons (Fsp3) is 0.462. The predicted octanol–water partition coefficient (Wildman–Crippen LogP) is 2.09. The van der Waals surface area contributed by atoms with E-state index in [4.69, 9.17) is 0 Å². The number of carbonyl (C=O) groups is 1. The molecule has 1 aromatic rings. The zero-order valence-electron chi connectivity index (χ0n) is 9.28. The molecule has 1 fully saturated rings. The van der Waals surface area contributed by atoms with Crippen LogP contribution in [-0.4, -0.2) is 24.0 Å². The third-order valence-corrected chi connectivity index (χ3v) is 3.60. The van der Waals surface area contributed by atoms with E-state index in [1.807, 2.05) is 4.90 Å². The van der Waals surface area contributed by atoms with Crippen LogP contribution in [0.3, 0.4) is 0 Å². The van der Waals surface area contributed by atoms with Gasteiger partial charge in [0.25, 0.3) is 0 Å². The summed E-state index contributed by atoms with van der Waals surface area (Å²) in [6.45, 7) is 1.63. The van der Waals surface area contributed by atoms with E-state index >= 15 is 0 Å². The first-order valence-corrected chi connectivity index (χ1v) is 5.98. The highest BCUT2D eigenvalue weighted by Crippen LogP contribution is 2.34. The Balaban J connectivity index is 1.95. The van der Waals surface area contributed by atoms with Gasteiger partial charge in [-0.1, -0.05) is 24.3 Å². The highest BCUT2D eigenvalue weighted by Gasteiger charge is 2.31. The molecule has 3 heteroatoms. The van der Waals surface area contributed by atoms with Crippen LogP contribution in [0.15, 0.2) is 24.3 Å². The molecule has 2 amide bonds. The Hall–Kier alpha value is -1.51. The molecule has 1 N–H and O–H groups in total. The maximum Gasteiger partial charge on any atom is 0.318 e. The van der Waals surface area contributed by atoms with E-state index in [1.165, 1.54) is 17.5 Å². The van der Waals surface area contributed by atoms with E-state index in [9.17, 15) is 4.79 Å². The Morgan fingerprint density at radius 2 is 2.19 bits per heavy atom. The third kappa shape index (κ3) is 1.47. The van der Waals surface area contributed by atoms with Crippen LogP contribution >= 0.6 is 0 Å². The topological polar surface area (TPSA) is 32.3 Å². The molecule has 0 saturated carbocycles. The fourth-order valence-electron chi connectivity index (χ4n) is 2.84. The molecule has 2 aliphatic rings. The lowest BCUT2D eigenvalue weighted by atomic mass is 9.87. The fourth-order valence-corrected chi connectivity index (χ4v) is 2.84. The summed E-state index contributed by atoms with van der Waals surface area (Å²) in [5, 5.41) is 2.88. The Bertz CT molecular complexity index is 416. The van der Waals surface area contributed by atoms with Crippen molar-refractivity contribution in [2.75, 3.05) is 13.1 Å². The molecule has 0 aromatic heterocycles. The molecule has 16 heavy (non-hydrogen) atoms. The van der Waals surface area contributed by atoms with E-state index < -0.39 is 0 Å². The molecule has 0 radical (unpaired) electrons. The molecule has 0 bridgehead atoms. The van der Waals surface area contributed by atoms with E-state index in [0.717, 1.165) is 25.9 Å². The number of rotatable bonds is 1. The molecule has 1 aromatic carbocycles. The number of fused-ring (bicyclic) bond motifs is 1. The molecule has 1 unspecified atom stereocenters. The lowest BCUT2D eigenvalue weighted by molar-refractivity contribution is 0.191. The van der Waals surface area contributed by atoms with Crippen molar-refractivity contribution >= 4 is 6.03 Å². The van der Waals surface area contributed by atoms with E-state index in [0.29, 0.717) is 6.04 Å². The number of aryl methyl sites for hydroxylation is 1. The average molecular weight is 216 g/mol. The van der Waals surface area contributed by atoms with Gasteiger partial charge in [0.15, 0.2) is 0 Å². The second kappa shape index (κ2) is 3.81. The van der Waals surface area contributed by atoms with Crippen molar-refractivity contribution in [2.45, 2.75) is 25.3 Å². The summed E-state index contributed by atoms with van der Waals surface area (Å²) in [6.07, 6.45) is 3.44. The standard InChI is InChI=1S/C13H16N2O/c16-13-14-8-9-15(13)12-7-3-5-10-4-1-2-6-11(10)12/h1-2,4,6,12H,3,5,7-9H2,(H,14,16).